The van der Waals surface area contributed by atoms with Crippen LogP contribution in [0.2, 0.25) is 0 Å². The van der Waals surface area contributed by atoms with E-state index in [1.807, 2.05) is 54.6 Å². The zero-order chi connectivity index (χ0) is 12.1. The molecular weight excluding hydrogens is 214 g/mol. The minimum absolute atomic E-state index is 0.386. The summed E-state index contributed by atoms with van der Waals surface area (Å²) < 4.78 is 0. The van der Waals surface area contributed by atoms with E-state index in [-0.39, 0.29) is 5.41 Å². The van der Waals surface area contributed by atoms with Gasteiger partial charge in [0.25, 0.3) is 0 Å². The van der Waals surface area contributed by atoms with E-state index in [2.05, 4.69) is 0 Å². The monoisotopic (exact) mass is 227 g/mol. The maximum atomic E-state index is 10.5. The molecule has 0 saturated heterocycles. The second kappa shape index (κ2) is 4.78. The number of benzene rings is 1. The summed E-state index contributed by atoms with van der Waals surface area (Å²) in [5, 5.41) is 10.5. The Balaban J connectivity index is 2.41. The predicted octanol–water partition coefficient (Wildman–Crippen LogP) is 3.23. The van der Waals surface area contributed by atoms with Gasteiger partial charge >= 0.3 is 0 Å². The van der Waals surface area contributed by atoms with E-state index in [4.69, 9.17) is 0 Å². The molecule has 17 heavy (non-hydrogen) atoms. The van der Waals surface area contributed by atoms with E-state index in [1.165, 1.54) is 0 Å². The van der Waals surface area contributed by atoms with Crippen molar-refractivity contribution in [1.82, 2.24) is 0 Å². The van der Waals surface area contributed by atoms with Gasteiger partial charge in [-0.05, 0) is 12.0 Å². The Labute approximate surface area is 99.9 Å². The minimum Gasteiger partial charge on any atom is -0.259 e. The van der Waals surface area contributed by atoms with Gasteiger partial charge in [0.2, 0.25) is 6.20 Å². The van der Waals surface area contributed by atoms with Crippen molar-refractivity contribution in [3.8, 4) is 0 Å². The molecular formula is C14H13NO2. The van der Waals surface area contributed by atoms with Gasteiger partial charge < -0.3 is 0 Å². The van der Waals surface area contributed by atoms with Gasteiger partial charge in [0.15, 0.2) is 0 Å². The lowest BCUT2D eigenvalue weighted by molar-refractivity contribution is -0.402. The summed E-state index contributed by atoms with van der Waals surface area (Å²) in [6.45, 7) is 0. The molecule has 1 atom stereocenters. The molecule has 0 bridgehead atoms. The van der Waals surface area contributed by atoms with Crippen LogP contribution in [0.25, 0.3) is 0 Å². The highest BCUT2D eigenvalue weighted by atomic mass is 16.6. The highest BCUT2D eigenvalue weighted by Gasteiger charge is 2.27. The van der Waals surface area contributed by atoms with Crippen LogP contribution in [-0.4, -0.2) is 4.92 Å². The minimum atomic E-state index is -0.420. The highest BCUT2D eigenvalue weighted by molar-refractivity contribution is 5.40. The van der Waals surface area contributed by atoms with Gasteiger partial charge in [0, 0.05) is 11.5 Å². The Kier molecular flexibility index (Phi) is 3.19. The third-order valence-electron chi connectivity index (χ3n) is 2.90. The summed E-state index contributed by atoms with van der Waals surface area (Å²) in [6.07, 6.45) is 11.3. The average molecular weight is 227 g/mol. The molecule has 1 unspecified atom stereocenters. The van der Waals surface area contributed by atoms with Crippen molar-refractivity contribution in [2.24, 2.45) is 0 Å². The number of nitro groups is 1. The molecule has 3 heteroatoms. The van der Waals surface area contributed by atoms with Gasteiger partial charge in [-0.3, -0.25) is 10.1 Å². The molecule has 0 aliphatic heterocycles. The van der Waals surface area contributed by atoms with Crippen LogP contribution >= 0.6 is 0 Å². The molecule has 0 spiro atoms. The van der Waals surface area contributed by atoms with Crippen molar-refractivity contribution in [2.75, 3.05) is 0 Å². The van der Waals surface area contributed by atoms with Crippen molar-refractivity contribution in [2.45, 2.75) is 11.8 Å². The Bertz CT molecular complexity index is 488. The Morgan fingerprint density at radius 2 is 2.00 bits per heavy atom. The van der Waals surface area contributed by atoms with Crippen molar-refractivity contribution >= 4 is 0 Å². The first kappa shape index (κ1) is 11.3. The number of allylic oxidation sites excluding steroid dienone is 5. The summed E-state index contributed by atoms with van der Waals surface area (Å²) in [4.78, 5) is 10.1. The third-order valence-corrected chi connectivity index (χ3v) is 2.90. The predicted molar refractivity (Wildman–Crippen MR) is 67.2 cm³/mol. The maximum absolute atomic E-state index is 10.5. The molecule has 0 fully saturated rings. The van der Waals surface area contributed by atoms with Gasteiger partial charge in [-0.25, -0.2) is 0 Å². The quantitative estimate of drug-likeness (QED) is 0.587. The van der Waals surface area contributed by atoms with Gasteiger partial charge in [0.05, 0.1) is 4.92 Å². The molecule has 0 aromatic heterocycles. The van der Waals surface area contributed by atoms with Crippen LogP contribution in [0.15, 0.2) is 66.9 Å². The van der Waals surface area contributed by atoms with E-state index < -0.39 is 4.92 Å². The number of rotatable bonds is 3. The molecule has 3 nitrogen and oxygen atoms in total. The van der Waals surface area contributed by atoms with Crippen LogP contribution in [-0.2, 0) is 5.41 Å². The first-order valence-electron chi connectivity index (χ1n) is 5.46. The summed E-state index contributed by atoms with van der Waals surface area (Å²) in [5.41, 5.74) is 0.682. The first-order valence-corrected chi connectivity index (χ1v) is 5.46. The van der Waals surface area contributed by atoms with Crippen LogP contribution < -0.4 is 0 Å². The molecule has 1 aliphatic rings. The van der Waals surface area contributed by atoms with Crippen molar-refractivity contribution in [3.63, 3.8) is 0 Å². The van der Waals surface area contributed by atoms with E-state index >= 15 is 0 Å². The van der Waals surface area contributed by atoms with Crippen molar-refractivity contribution in [1.29, 1.82) is 0 Å². The second-order valence-electron chi connectivity index (χ2n) is 4.00. The van der Waals surface area contributed by atoms with E-state index in [0.29, 0.717) is 0 Å². The summed E-state index contributed by atoms with van der Waals surface area (Å²) in [6, 6.07) is 9.82. The summed E-state index contributed by atoms with van der Waals surface area (Å²) >= 11 is 0. The lowest BCUT2D eigenvalue weighted by Crippen LogP contribution is -2.21. The third kappa shape index (κ3) is 2.50. The standard InChI is InChI=1S/C14H13NO2/c16-15(17)12-11-14(9-5-2-6-10-14)13-7-3-1-4-8-13/h1-9,11-12H,10H2. The molecule has 1 aliphatic carbocycles. The van der Waals surface area contributed by atoms with E-state index in [9.17, 15) is 10.1 Å². The molecule has 1 aromatic carbocycles. The first-order chi connectivity index (χ1) is 8.23. The molecule has 1 aromatic rings. The van der Waals surface area contributed by atoms with Gasteiger partial charge in [-0.15, -0.1) is 0 Å². The van der Waals surface area contributed by atoms with Gasteiger partial charge in [-0.1, -0.05) is 54.6 Å². The van der Waals surface area contributed by atoms with Crippen LogP contribution in [0.3, 0.4) is 0 Å². The zero-order valence-electron chi connectivity index (χ0n) is 9.32. The van der Waals surface area contributed by atoms with Crippen LogP contribution in [0.5, 0.6) is 0 Å². The summed E-state index contributed by atoms with van der Waals surface area (Å²) in [7, 11) is 0. The van der Waals surface area contributed by atoms with Crippen LogP contribution in [0.4, 0.5) is 0 Å². The smallest absolute Gasteiger partial charge is 0.231 e. The Morgan fingerprint density at radius 1 is 1.24 bits per heavy atom. The molecule has 86 valence electrons. The zero-order valence-corrected chi connectivity index (χ0v) is 9.32. The average Bonchev–Trinajstić information content (AvgIpc) is 2.39. The fourth-order valence-corrected chi connectivity index (χ4v) is 2.01. The topological polar surface area (TPSA) is 43.1 Å². The normalized spacial score (nSPS) is 23.1. The highest BCUT2D eigenvalue weighted by Crippen LogP contribution is 2.34. The lowest BCUT2D eigenvalue weighted by atomic mass is 9.75. The maximum Gasteiger partial charge on any atom is 0.231 e. The molecule has 0 amide bonds. The lowest BCUT2D eigenvalue weighted by Gasteiger charge is -2.27. The fourth-order valence-electron chi connectivity index (χ4n) is 2.01. The van der Waals surface area contributed by atoms with Gasteiger partial charge in [0.1, 0.15) is 0 Å². The number of hydrogen-bond acceptors (Lipinski definition) is 2. The SMILES string of the molecule is O=[N+]([O-])C=CC1(c2ccccc2)C=CC=CC1. The molecule has 0 saturated carbocycles. The van der Waals surface area contributed by atoms with Crippen molar-refractivity contribution < 1.29 is 4.92 Å². The molecule has 2 rings (SSSR count). The summed E-state index contributed by atoms with van der Waals surface area (Å²) in [5.74, 6) is 0. The fraction of sp³-hybridized carbons (Fsp3) is 0.143. The molecule has 0 heterocycles. The Morgan fingerprint density at radius 3 is 2.59 bits per heavy atom. The molecule has 0 radical (unpaired) electrons. The Hall–Kier alpha value is -2.16. The number of hydrogen-bond donors (Lipinski definition) is 0. The second-order valence-corrected chi connectivity index (χ2v) is 4.00. The number of nitrogens with zero attached hydrogens (tertiary/aromatic N) is 1. The van der Waals surface area contributed by atoms with Crippen molar-refractivity contribution in [3.05, 3.63) is 82.6 Å². The largest absolute Gasteiger partial charge is 0.259 e. The van der Waals surface area contributed by atoms with Crippen LogP contribution in [0.1, 0.15) is 12.0 Å². The van der Waals surface area contributed by atoms with Gasteiger partial charge in [-0.2, -0.15) is 0 Å². The van der Waals surface area contributed by atoms with E-state index in [1.54, 1.807) is 6.08 Å². The van der Waals surface area contributed by atoms with E-state index in [0.717, 1.165) is 18.2 Å². The molecule has 0 N–H and O–H groups in total. The van der Waals surface area contributed by atoms with Crippen LogP contribution in [0, 0.1) is 10.1 Å².